The number of nitrogens with zero attached hydrogens (tertiary/aromatic N) is 1. The molecule has 0 radical (unpaired) electrons. The van der Waals surface area contributed by atoms with Gasteiger partial charge in [-0.15, -0.1) is 0 Å². The van der Waals surface area contributed by atoms with Gasteiger partial charge in [-0.25, -0.2) is 0 Å². The van der Waals surface area contributed by atoms with Crippen LogP contribution in [0, 0.1) is 6.92 Å². The van der Waals surface area contributed by atoms with Crippen LogP contribution in [0.25, 0.3) is 10.8 Å². The molecule has 0 atom stereocenters. The van der Waals surface area contributed by atoms with Gasteiger partial charge in [0.25, 0.3) is 0 Å². The summed E-state index contributed by atoms with van der Waals surface area (Å²) in [6, 6.07) is 6.43. The first-order chi connectivity index (χ1) is 5.81. The molecule has 0 N–H and O–H groups in total. The third-order valence-electron chi connectivity index (χ3n) is 2.32. The molecule has 0 aliphatic carbocycles. The van der Waals surface area contributed by atoms with Gasteiger partial charge in [0, 0.05) is 24.3 Å². The third-order valence-corrected chi connectivity index (χ3v) is 2.32. The molecule has 0 aliphatic heterocycles. The second kappa shape index (κ2) is 2.67. The number of hydrogen-bond donors (Lipinski definition) is 0. The van der Waals surface area contributed by atoms with E-state index in [-0.39, 0.29) is 0 Å². The second-order valence-electron chi connectivity index (χ2n) is 3.17. The van der Waals surface area contributed by atoms with Crippen molar-refractivity contribution in [3.05, 3.63) is 36.2 Å². The van der Waals surface area contributed by atoms with Crippen molar-refractivity contribution >= 4 is 10.8 Å². The highest BCUT2D eigenvalue weighted by molar-refractivity contribution is 5.85. The fourth-order valence-corrected chi connectivity index (χ4v) is 1.56. The van der Waals surface area contributed by atoms with E-state index in [0.717, 1.165) is 6.54 Å². The Labute approximate surface area is 72.6 Å². The molecule has 1 aromatic heterocycles. The topological polar surface area (TPSA) is 4.93 Å². The molecule has 2 rings (SSSR count). The zero-order valence-electron chi connectivity index (χ0n) is 7.54. The van der Waals surface area contributed by atoms with E-state index >= 15 is 0 Å². The number of rotatable bonds is 1. The average Bonchev–Trinajstić information content (AvgIpc) is 2.49. The lowest BCUT2D eigenvalue weighted by Gasteiger charge is -1.92. The molecular formula is C11H13N. The molecule has 62 valence electrons. The maximum atomic E-state index is 2.22. The lowest BCUT2D eigenvalue weighted by atomic mass is 10.1. The first-order valence-corrected chi connectivity index (χ1v) is 4.36. The molecule has 2 aromatic rings. The highest BCUT2D eigenvalue weighted by atomic mass is 14.9. The molecule has 1 nitrogen and oxygen atoms in total. The van der Waals surface area contributed by atoms with Gasteiger partial charge < -0.3 is 4.57 Å². The quantitative estimate of drug-likeness (QED) is 0.603. The summed E-state index contributed by atoms with van der Waals surface area (Å²) in [7, 11) is 0. The summed E-state index contributed by atoms with van der Waals surface area (Å²) >= 11 is 0. The SMILES string of the molecule is CCn1cc2cccc(C)c2c1. The molecule has 1 aromatic carbocycles. The van der Waals surface area contributed by atoms with Crippen LogP contribution in [0.1, 0.15) is 12.5 Å². The van der Waals surface area contributed by atoms with E-state index in [4.69, 9.17) is 0 Å². The molecule has 0 amide bonds. The minimum atomic E-state index is 1.05. The fraction of sp³-hybridized carbons (Fsp3) is 0.273. The van der Waals surface area contributed by atoms with Gasteiger partial charge in [-0.2, -0.15) is 0 Å². The van der Waals surface area contributed by atoms with Crippen molar-refractivity contribution in [1.82, 2.24) is 4.57 Å². The summed E-state index contributed by atoms with van der Waals surface area (Å²) in [5.74, 6) is 0. The van der Waals surface area contributed by atoms with Gasteiger partial charge in [-0.05, 0) is 24.8 Å². The number of aryl methyl sites for hydroxylation is 2. The zero-order chi connectivity index (χ0) is 8.55. The summed E-state index contributed by atoms with van der Waals surface area (Å²) in [4.78, 5) is 0. The van der Waals surface area contributed by atoms with Gasteiger partial charge in [0.15, 0.2) is 0 Å². The van der Waals surface area contributed by atoms with Crippen molar-refractivity contribution in [2.24, 2.45) is 0 Å². The molecule has 0 bridgehead atoms. The molecule has 12 heavy (non-hydrogen) atoms. The first kappa shape index (κ1) is 7.41. The summed E-state index contributed by atoms with van der Waals surface area (Å²) in [6.07, 6.45) is 4.41. The Morgan fingerprint density at radius 1 is 1.25 bits per heavy atom. The number of aromatic nitrogens is 1. The Balaban J connectivity index is 2.74. The van der Waals surface area contributed by atoms with E-state index in [0.29, 0.717) is 0 Å². The molecule has 0 fully saturated rings. The van der Waals surface area contributed by atoms with E-state index in [1.165, 1.54) is 16.3 Å². The number of benzene rings is 1. The van der Waals surface area contributed by atoms with Gasteiger partial charge in [-0.1, -0.05) is 18.2 Å². The summed E-state index contributed by atoms with van der Waals surface area (Å²) in [5, 5.41) is 2.72. The van der Waals surface area contributed by atoms with Crippen molar-refractivity contribution in [3.8, 4) is 0 Å². The standard InChI is InChI=1S/C11H13N/c1-3-12-7-10-6-4-5-9(2)11(10)8-12/h4-8H,3H2,1-2H3. The van der Waals surface area contributed by atoms with Gasteiger partial charge in [0.05, 0.1) is 0 Å². The van der Waals surface area contributed by atoms with Crippen LogP contribution < -0.4 is 0 Å². The Morgan fingerprint density at radius 3 is 2.75 bits per heavy atom. The lowest BCUT2D eigenvalue weighted by molar-refractivity contribution is 0.772. The van der Waals surface area contributed by atoms with Crippen molar-refractivity contribution in [2.75, 3.05) is 0 Å². The fourth-order valence-electron chi connectivity index (χ4n) is 1.56. The van der Waals surface area contributed by atoms with Crippen molar-refractivity contribution < 1.29 is 0 Å². The average molecular weight is 159 g/mol. The highest BCUT2D eigenvalue weighted by Gasteiger charge is 1.98. The Bertz CT molecular complexity index is 398. The summed E-state index contributed by atoms with van der Waals surface area (Å²) < 4.78 is 2.22. The number of fused-ring (bicyclic) bond motifs is 1. The van der Waals surface area contributed by atoms with Crippen LogP contribution in [-0.4, -0.2) is 4.57 Å². The maximum absolute atomic E-state index is 2.22. The predicted octanol–water partition coefficient (Wildman–Crippen LogP) is 2.97. The van der Waals surface area contributed by atoms with Gasteiger partial charge in [0.1, 0.15) is 0 Å². The predicted molar refractivity (Wildman–Crippen MR) is 52.3 cm³/mol. The van der Waals surface area contributed by atoms with Crippen LogP contribution >= 0.6 is 0 Å². The molecular weight excluding hydrogens is 146 g/mol. The van der Waals surface area contributed by atoms with Crippen molar-refractivity contribution in [1.29, 1.82) is 0 Å². The minimum Gasteiger partial charge on any atom is -0.353 e. The highest BCUT2D eigenvalue weighted by Crippen LogP contribution is 2.18. The smallest absolute Gasteiger partial charge is 0.0191 e. The molecule has 0 unspecified atom stereocenters. The Hall–Kier alpha value is -1.24. The largest absolute Gasteiger partial charge is 0.353 e. The second-order valence-corrected chi connectivity index (χ2v) is 3.17. The van der Waals surface area contributed by atoms with Crippen LogP contribution in [-0.2, 0) is 6.54 Å². The summed E-state index contributed by atoms with van der Waals surface area (Å²) in [6.45, 7) is 5.37. The van der Waals surface area contributed by atoms with Crippen LogP contribution in [0.4, 0.5) is 0 Å². The third kappa shape index (κ3) is 1.02. The van der Waals surface area contributed by atoms with E-state index < -0.39 is 0 Å². The Morgan fingerprint density at radius 2 is 2.08 bits per heavy atom. The van der Waals surface area contributed by atoms with Gasteiger partial charge >= 0.3 is 0 Å². The zero-order valence-corrected chi connectivity index (χ0v) is 7.54. The lowest BCUT2D eigenvalue weighted by Crippen LogP contribution is -1.85. The van der Waals surface area contributed by atoms with Crippen LogP contribution in [0.5, 0.6) is 0 Å². The molecule has 1 heterocycles. The molecule has 1 heteroatoms. The first-order valence-electron chi connectivity index (χ1n) is 4.36. The molecule has 0 saturated carbocycles. The van der Waals surface area contributed by atoms with Crippen LogP contribution in [0.15, 0.2) is 30.6 Å². The molecule has 0 saturated heterocycles. The monoisotopic (exact) mass is 159 g/mol. The van der Waals surface area contributed by atoms with Gasteiger partial charge in [-0.3, -0.25) is 0 Å². The van der Waals surface area contributed by atoms with E-state index in [1.807, 2.05) is 0 Å². The van der Waals surface area contributed by atoms with E-state index in [9.17, 15) is 0 Å². The summed E-state index contributed by atoms with van der Waals surface area (Å²) in [5.41, 5.74) is 1.36. The normalized spacial score (nSPS) is 10.8. The van der Waals surface area contributed by atoms with E-state index in [1.54, 1.807) is 0 Å². The van der Waals surface area contributed by atoms with Crippen molar-refractivity contribution in [3.63, 3.8) is 0 Å². The molecule has 0 aliphatic rings. The molecule has 0 spiro atoms. The van der Waals surface area contributed by atoms with Crippen LogP contribution in [0.2, 0.25) is 0 Å². The Kier molecular flexibility index (Phi) is 1.65. The minimum absolute atomic E-state index is 1.05. The number of hydrogen-bond acceptors (Lipinski definition) is 0. The van der Waals surface area contributed by atoms with Crippen molar-refractivity contribution in [2.45, 2.75) is 20.4 Å². The van der Waals surface area contributed by atoms with Crippen LogP contribution in [0.3, 0.4) is 0 Å². The van der Waals surface area contributed by atoms with Gasteiger partial charge in [0.2, 0.25) is 0 Å². The maximum Gasteiger partial charge on any atom is 0.0191 e. The van der Waals surface area contributed by atoms with E-state index in [2.05, 4.69) is 49.0 Å².